The molecule has 0 saturated carbocycles. The number of benzene rings is 1. The Labute approximate surface area is 131 Å². The molecule has 0 unspecified atom stereocenters. The lowest BCUT2D eigenvalue weighted by Gasteiger charge is -2.16. The molecule has 6 nitrogen and oxygen atoms in total. The quantitative estimate of drug-likeness (QED) is 0.657. The van der Waals surface area contributed by atoms with Crippen molar-refractivity contribution in [2.24, 2.45) is 0 Å². The number of nitrogens with zero attached hydrogens (tertiary/aromatic N) is 1. The highest BCUT2D eigenvalue weighted by Gasteiger charge is 2.06. The Kier molecular flexibility index (Phi) is 7.34. The Morgan fingerprint density at radius 1 is 1.18 bits per heavy atom. The Bertz CT molecular complexity index is 568. The SMILES string of the molecule is CN(CCCOc1ccc(S(C)(=O)=O)cc1)CCCC(=O)O. The molecule has 22 heavy (non-hydrogen) atoms. The second-order valence-corrected chi connectivity index (χ2v) is 7.26. The predicted molar refractivity (Wildman–Crippen MR) is 84.0 cm³/mol. The van der Waals surface area contributed by atoms with Crippen LogP contribution in [0.5, 0.6) is 5.75 Å². The predicted octanol–water partition coefficient (Wildman–Crippen LogP) is 1.66. The van der Waals surface area contributed by atoms with Crippen LogP contribution in [0.2, 0.25) is 0 Å². The van der Waals surface area contributed by atoms with E-state index in [0.717, 1.165) is 19.5 Å². The summed E-state index contributed by atoms with van der Waals surface area (Å²) in [6.07, 6.45) is 2.81. The van der Waals surface area contributed by atoms with Crippen LogP contribution >= 0.6 is 0 Å². The molecule has 1 N–H and O–H groups in total. The van der Waals surface area contributed by atoms with Crippen molar-refractivity contribution in [1.82, 2.24) is 4.90 Å². The van der Waals surface area contributed by atoms with Crippen LogP contribution in [-0.4, -0.2) is 57.4 Å². The largest absolute Gasteiger partial charge is 0.494 e. The molecule has 1 aromatic rings. The lowest BCUT2D eigenvalue weighted by Crippen LogP contribution is -2.23. The van der Waals surface area contributed by atoms with Gasteiger partial charge in [-0.3, -0.25) is 4.79 Å². The molecule has 0 spiro atoms. The number of carboxylic acid groups (broad SMARTS) is 1. The van der Waals surface area contributed by atoms with E-state index in [2.05, 4.69) is 4.90 Å². The van der Waals surface area contributed by atoms with E-state index in [9.17, 15) is 13.2 Å². The minimum absolute atomic E-state index is 0.188. The van der Waals surface area contributed by atoms with Gasteiger partial charge in [-0.25, -0.2) is 8.42 Å². The van der Waals surface area contributed by atoms with Gasteiger partial charge in [-0.05, 0) is 50.7 Å². The van der Waals surface area contributed by atoms with Gasteiger partial charge < -0.3 is 14.7 Å². The van der Waals surface area contributed by atoms with E-state index < -0.39 is 15.8 Å². The highest BCUT2D eigenvalue weighted by Crippen LogP contribution is 2.15. The fraction of sp³-hybridized carbons (Fsp3) is 0.533. The number of sulfone groups is 1. The summed E-state index contributed by atoms with van der Waals surface area (Å²) in [6.45, 7) is 2.10. The summed E-state index contributed by atoms with van der Waals surface area (Å²) in [5.74, 6) is -0.129. The second-order valence-electron chi connectivity index (χ2n) is 5.25. The highest BCUT2D eigenvalue weighted by molar-refractivity contribution is 7.90. The topological polar surface area (TPSA) is 83.9 Å². The number of hydrogen-bond acceptors (Lipinski definition) is 5. The summed E-state index contributed by atoms with van der Waals surface area (Å²) in [4.78, 5) is 12.8. The Balaban J connectivity index is 2.23. The Hall–Kier alpha value is -1.60. The first-order chi connectivity index (χ1) is 10.3. The first-order valence-corrected chi connectivity index (χ1v) is 9.01. The van der Waals surface area contributed by atoms with Gasteiger partial charge in [0, 0.05) is 19.2 Å². The fourth-order valence-corrected chi connectivity index (χ4v) is 2.55. The van der Waals surface area contributed by atoms with Crippen LogP contribution in [0, 0.1) is 0 Å². The van der Waals surface area contributed by atoms with Gasteiger partial charge in [-0.1, -0.05) is 0 Å². The molecule has 0 heterocycles. The number of ether oxygens (including phenoxy) is 1. The third kappa shape index (κ3) is 7.42. The molecule has 0 aliphatic heterocycles. The van der Waals surface area contributed by atoms with Crippen molar-refractivity contribution < 1.29 is 23.1 Å². The molecular formula is C15H23NO5S. The number of carboxylic acids is 1. The maximum atomic E-state index is 11.3. The standard InChI is InChI=1S/C15H23NO5S/c1-16(10-3-5-15(17)18)11-4-12-21-13-6-8-14(9-7-13)22(2,19)20/h6-9H,3-5,10-12H2,1-2H3,(H,17,18). The van der Waals surface area contributed by atoms with Crippen molar-refractivity contribution in [3.8, 4) is 5.75 Å². The van der Waals surface area contributed by atoms with Crippen LogP contribution < -0.4 is 4.74 Å². The summed E-state index contributed by atoms with van der Waals surface area (Å²) < 4.78 is 28.2. The minimum atomic E-state index is -3.18. The van der Waals surface area contributed by atoms with Gasteiger partial charge >= 0.3 is 5.97 Å². The van der Waals surface area contributed by atoms with Gasteiger partial charge in [-0.15, -0.1) is 0 Å². The van der Waals surface area contributed by atoms with Crippen LogP contribution in [0.25, 0.3) is 0 Å². The summed E-state index contributed by atoms with van der Waals surface area (Å²) in [5, 5.41) is 8.56. The lowest BCUT2D eigenvalue weighted by atomic mass is 10.3. The van der Waals surface area contributed by atoms with Gasteiger partial charge in [0.15, 0.2) is 9.84 Å². The minimum Gasteiger partial charge on any atom is -0.494 e. The average Bonchev–Trinajstić information content (AvgIpc) is 2.43. The molecule has 0 aromatic heterocycles. The van der Waals surface area contributed by atoms with Gasteiger partial charge in [0.05, 0.1) is 11.5 Å². The van der Waals surface area contributed by atoms with E-state index >= 15 is 0 Å². The molecule has 7 heteroatoms. The zero-order valence-electron chi connectivity index (χ0n) is 13.0. The molecule has 0 amide bonds. The van der Waals surface area contributed by atoms with Crippen molar-refractivity contribution in [3.05, 3.63) is 24.3 Å². The monoisotopic (exact) mass is 329 g/mol. The molecule has 0 radical (unpaired) electrons. The van der Waals surface area contributed by atoms with Gasteiger partial charge in [0.2, 0.25) is 0 Å². The van der Waals surface area contributed by atoms with Crippen molar-refractivity contribution in [2.75, 3.05) is 33.0 Å². The molecule has 0 fully saturated rings. The zero-order valence-corrected chi connectivity index (χ0v) is 13.8. The molecule has 0 atom stereocenters. The van der Waals surface area contributed by atoms with Crippen LogP contribution in [0.4, 0.5) is 0 Å². The van der Waals surface area contributed by atoms with Crippen LogP contribution in [0.15, 0.2) is 29.2 Å². The van der Waals surface area contributed by atoms with Crippen molar-refractivity contribution in [2.45, 2.75) is 24.2 Å². The van der Waals surface area contributed by atoms with E-state index in [4.69, 9.17) is 9.84 Å². The van der Waals surface area contributed by atoms with Gasteiger partial charge in [0.25, 0.3) is 0 Å². The average molecular weight is 329 g/mol. The van der Waals surface area contributed by atoms with E-state index in [-0.39, 0.29) is 11.3 Å². The van der Waals surface area contributed by atoms with E-state index in [1.54, 1.807) is 12.1 Å². The molecule has 1 rings (SSSR count). The number of hydrogen-bond donors (Lipinski definition) is 1. The van der Waals surface area contributed by atoms with E-state index in [0.29, 0.717) is 18.8 Å². The molecular weight excluding hydrogens is 306 g/mol. The highest BCUT2D eigenvalue weighted by atomic mass is 32.2. The molecule has 124 valence electrons. The molecule has 0 bridgehead atoms. The Morgan fingerprint density at radius 2 is 1.77 bits per heavy atom. The maximum absolute atomic E-state index is 11.3. The normalized spacial score (nSPS) is 11.6. The van der Waals surface area contributed by atoms with Gasteiger partial charge in [-0.2, -0.15) is 0 Å². The van der Waals surface area contributed by atoms with E-state index in [1.807, 2.05) is 7.05 Å². The van der Waals surface area contributed by atoms with Crippen molar-refractivity contribution in [3.63, 3.8) is 0 Å². The van der Waals surface area contributed by atoms with Crippen molar-refractivity contribution >= 4 is 15.8 Å². The first kappa shape index (κ1) is 18.4. The van der Waals surface area contributed by atoms with Gasteiger partial charge in [0.1, 0.15) is 5.75 Å². The Morgan fingerprint density at radius 3 is 2.32 bits per heavy atom. The van der Waals surface area contributed by atoms with E-state index in [1.165, 1.54) is 18.4 Å². The molecule has 0 saturated heterocycles. The zero-order chi connectivity index (χ0) is 16.6. The maximum Gasteiger partial charge on any atom is 0.303 e. The first-order valence-electron chi connectivity index (χ1n) is 7.12. The lowest BCUT2D eigenvalue weighted by molar-refractivity contribution is -0.137. The molecule has 0 aliphatic rings. The molecule has 1 aromatic carbocycles. The third-order valence-corrected chi connectivity index (χ3v) is 4.26. The number of aliphatic carboxylic acids is 1. The molecule has 0 aliphatic carbocycles. The third-order valence-electron chi connectivity index (χ3n) is 3.14. The second kappa shape index (κ2) is 8.75. The summed E-state index contributed by atoms with van der Waals surface area (Å²) in [6, 6.07) is 6.35. The fourth-order valence-electron chi connectivity index (χ4n) is 1.92. The number of rotatable bonds is 10. The summed E-state index contributed by atoms with van der Waals surface area (Å²) in [5.41, 5.74) is 0. The van der Waals surface area contributed by atoms with Crippen LogP contribution in [0.1, 0.15) is 19.3 Å². The summed E-state index contributed by atoms with van der Waals surface area (Å²) >= 11 is 0. The van der Waals surface area contributed by atoms with Crippen LogP contribution in [0.3, 0.4) is 0 Å². The number of carbonyl (C=O) groups is 1. The summed E-state index contributed by atoms with van der Waals surface area (Å²) in [7, 11) is -1.23. The smallest absolute Gasteiger partial charge is 0.303 e. The van der Waals surface area contributed by atoms with Crippen LogP contribution in [-0.2, 0) is 14.6 Å². The van der Waals surface area contributed by atoms with Crippen molar-refractivity contribution in [1.29, 1.82) is 0 Å².